The molecule has 1 aromatic heterocycles. The molecule has 16 heavy (non-hydrogen) atoms. The van der Waals surface area contributed by atoms with Crippen molar-refractivity contribution in [3.63, 3.8) is 0 Å². The summed E-state index contributed by atoms with van der Waals surface area (Å²) < 4.78 is 0. The molecule has 0 fully saturated rings. The van der Waals surface area contributed by atoms with Gasteiger partial charge in [0.25, 0.3) is 0 Å². The minimum atomic E-state index is 0.371. The Bertz CT molecular complexity index is 337. The summed E-state index contributed by atoms with van der Waals surface area (Å²) in [4.78, 5) is 10.3. The van der Waals surface area contributed by atoms with Crippen molar-refractivity contribution in [2.24, 2.45) is 0 Å². The Morgan fingerprint density at radius 3 is 2.75 bits per heavy atom. The van der Waals surface area contributed by atoms with E-state index in [1.54, 1.807) is 0 Å². The zero-order valence-corrected chi connectivity index (χ0v) is 10.5. The number of hydrogen-bond acceptors (Lipinski definition) is 5. The fourth-order valence-electron chi connectivity index (χ4n) is 1.37. The van der Waals surface area contributed by atoms with Crippen molar-refractivity contribution < 1.29 is 0 Å². The van der Waals surface area contributed by atoms with E-state index in [1.165, 1.54) is 6.33 Å². The van der Waals surface area contributed by atoms with Gasteiger partial charge in [-0.05, 0) is 40.9 Å². The third kappa shape index (κ3) is 3.66. The topological polar surface area (TPSA) is 67.1 Å². The number of nitrogens with zero attached hydrogens (tertiary/aromatic N) is 3. The van der Waals surface area contributed by atoms with Gasteiger partial charge in [-0.25, -0.2) is 9.97 Å². The summed E-state index contributed by atoms with van der Waals surface area (Å²) in [5.74, 6) is 1.37. The summed E-state index contributed by atoms with van der Waals surface area (Å²) in [7, 11) is 4.14. The van der Waals surface area contributed by atoms with Crippen molar-refractivity contribution >= 4 is 11.6 Å². The zero-order chi connectivity index (χ0) is 12.1. The summed E-state index contributed by atoms with van der Waals surface area (Å²) in [6, 6.07) is 0.371. The van der Waals surface area contributed by atoms with Crippen LogP contribution in [0.1, 0.15) is 18.9 Å². The van der Waals surface area contributed by atoms with Crippen molar-refractivity contribution in [2.75, 3.05) is 31.7 Å². The van der Waals surface area contributed by atoms with Crippen LogP contribution in [0.25, 0.3) is 0 Å². The molecule has 0 saturated heterocycles. The molecule has 5 nitrogen and oxygen atoms in total. The molecule has 0 aliphatic carbocycles. The maximum atomic E-state index is 5.72. The average Bonchev–Trinajstić information content (AvgIpc) is 2.22. The first-order valence-corrected chi connectivity index (χ1v) is 5.49. The van der Waals surface area contributed by atoms with Crippen LogP contribution in [0.4, 0.5) is 11.6 Å². The van der Waals surface area contributed by atoms with Crippen LogP contribution >= 0.6 is 0 Å². The van der Waals surface area contributed by atoms with E-state index in [1.807, 2.05) is 6.92 Å². The predicted molar refractivity (Wildman–Crippen MR) is 67.4 cm³/mol. The highest BCUT2D eigenvalue weighted by atomic mass is 15.1. The number of aromatic nitrogens is 2. The Labute approximate surface area is 97.1 Å². The van der Waals surface area contributed by atoms with Crippen molar-refractivity contribution in [1.29, 1.82) is 0 Å². The third-order valence-corrected chi connectivity index (χ3v) is 2.52. The number of nitrogens with one attached hydrogen (secondary N) is 1. The van der Waals surface area contributed by atoms with Gasteiger partial charge in [-0.15, -0.1) is 0 Å². The van der Waals surface area contributed by atoms with Gasteiger partial charge in [-0.1, -0.05) is 0 Å². The molecule has 3 N–H and O–H groups in total. The highest BCUT2D eigenvalue weighted by molar-refractivity contribution is 5.54. The molecular formula is C11H21N5. The number of nitrogens with two attached hydrogens (primary N) is 1. The second kappa shape index (κ2) is 5.65. The van der Waals surface area contributed by atoms with Gasteiger partial charge >= 0.3 is 0 Å². The minimum Gasteiger partial charge on any atom is -0.383 e. The maximum absolute atomic E-state index is 5.72. The van der Waals surface area contributed by atoms with E-state index in [-0.39, 0.29) is 0 Å². The van der Waals surface area contributed by atoms with E-state index in [9.17, 15) is 0 Å². The molecule has 0 aromatic carbocycles. The van der Waals surface area contributed by atoms with Gasteiger partial charge in [0.1, 0.15) is 18.0 Å². The van der Waals surface area contributed by atoms with Gasteiger partial charge < -0.3 is 16.0 Å². The molecule has 0 aliphatic heterocycles. The van der Waals surface area contributed by atoms with Crippen LogP contribution < -0.4 is 11.1 Å². The Kier molecular flexibility index (Phi) is 4.49. The van der Waals surface area contributed by atoms with Crippen LogP contribution in [0.2, 0.25) is 0 Å². The Morgan fingerprint density at radius 2 is 2.12 bits per heavy atom. The Morgan fingerprint density at radius 1 is 1.44 bits per heavy atom. The van der Waals surface area contributed by atoms with Gasteiger partial charge in [0.2, 0.25) is 0 Å². The van der Waals surface area contributed by atoms with Crippen molar-refractivity contribution in [2.45, 2.75) is 26.3 Å². The molecular weight excluding hydrogens is 202 g/mol. The summed E-state index contributed by atoms with van der Waals surface area (Å²) in [5, 5.41) is 3.35. The highest BCUT2D eigenvalue weighted by Crippen LogP contribution is 2.16. The average molecular weight is 223 g/mol. The van der Waals surface area contributed by atoms with E-state index in [0.29, 0.717) is 11.9 Å². The smallest absolute Gasteiger partial charge is 0.134 e. The quantitative estimate of drug-likeness (QED) is 0.783. The second-order valence-corrected chi connectivity index (χ2v) is 4.37. The molecule has 0 radical (unpaired) electrons. The lowest BCUT2D eigenvalue weighted by atomic mass is 10.2. The van der Waals surface area contributed by atoms with Crippen molar-refractivity contribution in [1.82, 2.24) is 14.9 Å². The largest absolute Gasteiger partial charge is 0.383 e. The van der Waals surface area contributed by atoms with Crippen LogP contribution in [0, 0.1) is 6.92 Å². The summed E-state index contributed by atoms with van der Waals surface area (Å²) >= 11 is 0. The van der Waals surface area contributed by atoms with E-state index < -0.39 is 0 Å². The molecule has 0 amide bonds. The van der Waals surface area contributed by atoms with Crippen LogP contribution in [0.3, 0.4) is 0 Å². The van der Waals surface area contributed by atoms with Gasteiger partial charge in [-0.2, -0.15) is 0 Å². The Hall–Kier alpha value is -1.36. The number of anilines is 2. The first kappa shape index (κ1) is 12.7. The standard InChI is InChI=1S/C11H21N5/c1-8(5-6-16(3)4)15-11-9(2)10(12)13-7-14-11/h7-8H,5-6H2,1-4H3,(H3,12,13,14,15). The Balaban J connectivity index is 2.56. The molecule has 0 aliphatic rings. The predicted octanol–water partition coefficient (Wildman–Crippen LogP) is 1.12. The lowest BCUT2D eigenvalue weighted by Gasteiger charge is -2.18. The fraction of sp³-hybridized carbons (Fsp3) is 0.636. The van der Waals surface area contributed by atoms with Gasteiger partial charge in [0, 0.05) is 11.6 Å². The van der Waals surface area contributed by atoms with E-state index in [4.69, 9.17) is 5.73 Å². The zero-order valence-electron chi connectivity index (χ0n) is 10.5. The number of rotatable bonds is 5. The SMILES string of the molecule is Cc1c(N)ncnc1NC(C)CCN(C)C. The number of nitrogen functional groups attached to an aromatic ring is 1. The van der Waals surface area contributed by atoms with Crippen LogP contribution in [0.5, 0.6) is 0 Å². The minimum absolute atomic E-state index is 0.371. The van der Waals surface area contributed by atoms with Crippen molar-refractivity contribution in [3.05, 3.63) is 11.9 Å². The molecule has 0 saturated carbocycles. The van der Waals surface area contributed by atoms with E-state index >= 15 is 0 Å². The summed E-state index contributed by atoms with van der Waals surface area (Å²) in [6.45, 7) is 5.12. The third-order valence-electron chi connectivity index (χ3n) is 2.52. The monoisotopic (exact) mass is 223 g/mol. The lowest BCUT2D eigenvalue weighted by molar-refractivity contribution is 0.390. The van der Waals surface area contributed by atoms with E-state index in [2.05, 4.69) is 41.2 Å². The fourth-order valence-corrected chi connectivity index (χ4v) is 1.37. The summed E-state index contributed by atoms with van der Waals surface area (Å²) in [5.41, 5.74) is 6.64. The van der Waals surface area contributed by atoms with Gasteiger partial charge in [0.05, 0.1) is 0 Å². The molecule has 1 heterocycles. The van der Waals surface area contributed by atoms with Crippen molar-refractivity contribution in [3.8, 4) is 0 Å². The van der Waals surface area contributed by atoms with Crippen LogP contribution in [-0.4, -0.2) is 41.5 Å². The molecule has 5 heteroatoms. The molecule has 0 spiro atoms. The molecule has 90 valence electrons. The number of hydrogen-bond donors (Lipinski definition) is 2. The summed E-state index contributed by atoms with van der Waals surface area (Å²) in [6.07, 6.45) is 2.56. The molecule has 1 rings (SSSR count). The maximum Gasteiger partial charge on any atom is 0.134 e. The van der Waals surface area contributed by atoms with Crippen LogP contribution in [-0.2, 0) is 0 Å². The molecule has 1 atom stereocenters. The van der Waals surface area contributed by atoms with E-state index in [0.717, 1.165) is 24.3 Å². The van der Waals surface area contributed by atoms with Gasteiger partial charge in [-0.3, -0.25) is 0 Å². The van der Waals surface area contributed by atoms with Gasteiger partial charge in [0.15, 0.2) is 0 Å². The molecule has 1 aromatic rings. The van der Waals surface area contributed by atoms with Crippen LogP contribution in [0.15, 0.2) is 6.33 Å². The molecule has 0 bridgehead atoms. The first-order valence-electron chi connectivity index (χ1n) is 5.49. The highest BCUT2D eigenvalue weighted by Gasteiger charge is 2.07. The molecule has 1 unspecified atom stereocenters. The lowest BCUT2D eigenvalue weighted by Crippen LogP contribution is -2.24. The normalized spacial score (nSPS) is 12.8. The second-order valence-electron chi connectivity index (χ2n) is 4.37. The first-order chi connectivity index (χ1) is 7.50.